The van der Waals surface area contributed by atoms with Crippen LogP contribution in [0, 0.1) is 17.3 Å². The molecule has 0 spiro atoms. The summed E-state index contributed by atoms with van der Waals surface area (Å²) < 4.78 is 0. The summed E-state index contributed by atoms with van der Waals surface area (Å²) in [7, 11) is 0. The van der Waals surface area contributed by atoms with E-state index in [4.69, 9.17) is 0 Å². The lowest BCUT2D eigenvalue weighted by Gasteiger charge is -2.37. The fraction of sp³-hybridized carbons (Fsp3) is 0.571. The molecule has 1 aromatic rings. The van der Waals surface area contributed by atoms with Crippen LogP contribution in [0.3, 0.4) is 0 Å². The van der Waals surface area contributed by atoms with E-state index in [2.05, 4.69) is 12.2 Å². The van der Waals surface area contributed by atoms with Crippen molar-refractivity contribution >= 4 is 23.4 Å². The maximum atomic E-state index is 12.8. The fourth-order valence-electron chi connectivity index (χ4n) is 3.42. The summed E-state index contributed by atoms with van der Waals surface area (Å²) in [5, 5.41) is 2.91. The summed E-state index contributed by atoms with van der Waals surface area (Å²) in [6.45, 7) is 9.96. The van der Waals surface area contributed by atoms with Crippen molar-refractivity contribution in [1.29, 1.82) is 0 Å². The number of rotatable bonds is 3. The smallest absolute Gasteiger partial charge is 0.254 e. The molecular formula is C21H29N3O3. The van der Waals surface area contributed by atoms with Crippen LogP contribution in [0.2, 0.25) is 0 Å². The van der Waals surface area contributed by atoms with E-state index in [0.717, 1.165) is 6.42 Å². The van der Waals surface area contributed by atoms with Gasteiger partial charge in [0.25, 0.3) is 5.91 Å². The van der Waals surface area contributed by atoms with Gasteiger partial charge in [0.1, 0.15) is 0 Å². The first-order valence-electron chi connectivity index (χ1n) is 9.66. The summed E-state index contributed by atoms with van der Waals surface area (Å²) in [5.74, 6) is 0.628. The molecule has 0 aromatic heterocycles. The molecule has 27 heavy (non-hydrogen) atoms. The minimum absolute atomic E-state index is 0.0291. The van der Waals surface area contributed by atoms with E-state index in [9.17, 15) is 14.4 Å². The van der Waals surface area contributed by atoms with Gasteiger partial charge in [-0.25, -0.2) is 0 Å². The molecule has 146 valence electrons. The Morgan fingerprint density at radius 1 is 1.04 bits per heavy atom. The molecule has 1 saturated heterocycles. The van der Waals surface area contributed by atoms with E-state index in [1.165, 1.54) is 0 Å². The Morgan fingerprint density at radius 2 is 1.63 bits per heavy atom. The number of benzene rings is 1. The van der Waals surface area contributed by atoms with Gasteiger partial charge in [0.2, 0.25) is 11.8 Å². The molecule has 6 heteroatoms. The Balaban J connectivity index is 1.59. The lowest BCUT2D eigenvalue weighted by molar-refractivity contribution is -0.140. The maximum Gasteiger partial charge on any atom is 0.254 e. The number of anilines is 1. The Kier molecular flexibility index (Phi) is 5.27. The highest BCUT2D eigenvalue weighted by molar-refractivity contribution is 5.98. The summed E-state index contributed by atoms with van der Waals surface area (Å²) in [4.78, 5) is 40.9. The molecular weight excluding hydrogens is 342 g/mol. The molecule has 0 radical (unpaired) electrons. The third-order valence-corrected chi connectivity index (χ3v) is 5.32. The van der Waals surface area contributed by atoms with Gasteiger partial charge >= 0.3 is 0 Å². The van der Waals surface area contributed by atoms with Crippen molar-refractivity contribution in [1.82, 2.24) is 9.80 Å². The first kappa shape index (κ1) is 19.4. The monoisotopic (exact) mass is 371 g/mol. The molecule has 1 aliphatic carbocycles. The molecule has 2 fully saturated rings. The highest BCUT2D eigenvalue weighted by Crippen LogP contribution is 2.38. The Hall–Kier alpha value is -2.37. The quantitative estimate of drug-likeness (QED) is 0.888. The summed E-state index contributed by atoms with van der Waals surface area (Å²) in [5.41, 5.74) is 0.816. The molecule has 1 saturated carbocycles. The third kappa shape index (κ3) is 4.49. The summed E-state index contributed by atoms with van der Waals surface area (Å²) >= 11 is 0. The number of amides is 3. The number of nitrogens with zero attached hydrogens (tertiary/aromatic N) is 2. The van der Waals surface area contributed by atoms with Crippen molar-refractivity contribution < 1.29 is 14.4 Å². The van der Waals surface area contributed by atoms with Crippen molar-refractivity contribution in [2.24, 2.45) is 17.3 Å². The van der Waals surface area contributed by atoms with Crippen LogP contribution in [-0.4, -0.2) is 53.7 Å². The van der Waals surface area contributed by atoms with Gasteiger partial charge in [-0.15, -0.1) is 0 Å². The van der Waals surface area contributed by atoms with Gasteiger partial charge in [-0.3, -0.25) is 14.4 Å². The van der Waals surface area contributed by atoms with E-state index < -0.39 is 5.41 Å². The summed E-state index contributed by atoms with van der Waals surface area (Å²) in [6.07, 6.45) is 0.933. The van der Waals surface area contributed by atoms with E-state index in [0.29, 0.717) is 43.3 Å². The van der Waals surface area contributed by atoms with Gasteiger partial charge in [-0.2, -0.15) is 0 Å². The lowest BCUT2D eigenvalue weighted by atomic mass is 9.94. The van der Waals surface area contributed by atoms with Gasteiger partial charge < -0.3 is 15.1 Å². The average Bonchev–Trinajstić information content (AvgIpc) is 3.37. The van der Waals surface area contributed by atoms with Gasteiger partial charge in [0.05, 0.1) is 0 Å². The third-order valence-electron chi connectivity index (χ3n) is 5.32. The molecule has 0 bridgehead atoms. The molecule has 1 heterocycles. The number of carbonyl (C=O) groups is 3. The van der Waals surface area contributed by atoms with Gasteiger partial charge in [-0.1, -0.05) is 33.8 Å². The first-order valence-corrected chi connectivity index (χ1v) is 9.66. The normalized spacial score (nSPS) is 22.4. The minimum Gasteiger partial charge on any atom is -0.339 e. The fourth-order valence-corrected chi connectivity index (χ4v) is 3.42. The standard InChI is InChI=1S/C21H29N3O3/c1-14-12-17(14)18(25)22-16-7-5-6-15(13-16)19(26)23-8-10-24(11-9-23)20(27)21(2,3)4/h5-7,13-14,17H,8-12H2,1-4H3,(H,22,25). The Labute approximate surface area is 160 Å². The van der Waals surface area contributed by atoms with Crippen LogP contribution in [0.1, 0.15) is 44.5 Å². The number of hydrogen-bond donors (Lipinski definition) is 1. The second kappa shape index (κ2) is 7.33. The Morgan fingerprint density at radius 3 is 2.19 bits per heavy atom. The second-order valence-electron chi connectivity index (χ2n) is 8.72. The number of carbonyl (C=O) groups excluding carboxylic acids is 3. The van der Waals surface area contributed by atoms with Gasteiger partial charge in [-0.05, 0) is 30.5 Å². The lowest BCUT2D eigenvalue weighted by Crippen LogP contribution is -2.53. The molecule has 3 rings (SSSR count). The molecule has 3 amide bonds. The van der Waals surface area contributed by atoms with Crippen LogP contribution in [0.15, 0.2) is 24.3 Å². The van der Waals surface area contributed by atoms with Crippen LogP contribution < -0.4 is 5.32 Å². The number of piperazine rings is 1. The maximum absolute atomic E-state index is 12.8. The summed E-state index contributed by atoms with van der Waals surface area (Å²) in [6, 6.07) is 7.10. The number of hydrogen-bond acceptors (Lipinski definition) is 3. The molecule has 1 N–H and O–H groups in total. The molecule has 2 atom stereocenters. The molecule has 1 aliphatic heterocycles. The highest BCUT2D eigenvalue weighted by atomic mass is 16.2. The van der Waals surface area contributed by atoms with Crippen molar-refractivity contribution in [2.45, 2.75) is 34.1 Å². The zero-order valence-electron chi connectivity index (χ0n) is 16.6. The van der Waals surface area contributed by atoms with E-state index in [-0.39, 0.29) is 23.6 Å². The molecule has 6 nitrogen and oxygen atoms in total. The Bertz CT molecular complexity index is 745. The SMILES string of the molecule is CC1CC1C(=O)Nc1cccc(C(=O)N2CCN(C(=O)C(C)(C)C)CC2)c1. The largest absolute Gasteiger partial charge is 0.339 e. The zero-order valence-corrected chi connectivity index (χ0v) is 16.6. The van der Waals surface area contributed by atoms with E-state index >= 15 is 0 Å². The van der Waals surface area contributed by atoms with Crippen LogP contribution in [-0.2, 0) is 9.59 Å². The van der Waals surface area contributed by atoms with Crippen LogP contribution in [0.5, 0.6) is 0 Å². The average molecular weight is 371 g/mol. The van der Waals surface area contributed by atoms with Crippen LogP contribution in [0.4, 0.5) is 5.69 Å². The van der Waals surface area contributed by atoms with Gasteiger partial charge in [0, 0.05) is 48.8 Å². The van der Waals surface area contributed by atoms with Crippen LogP contribution in [0.25, 0.3) is 0 Å². The van der Waals surface area contributed by atoms with Crippen LogP contribution >= 0.6 is 0 Å². The second-order valence-corrected chi connectivity index (χ2v) is 8.72. The zero-order chi connectivity index (χ0) is 19.8. The van der Waals surface area contributed by atoms with Crippen molar-refractivity contribution in [3.05, 3.63) is 29.8 Å². The predicted octanol–water partition coefficient (Wildman–Crippen LogP) is 2.61. The molecule has 2 aliphatic rings. The highest BCUT2D eigenvalue weighted by Gasteiger charge is 2.39. The van der Waals surface area contributed by atoms with Crippen molar-refractivity contribution in [3.63, 3.8) is 0 Å². The first-order chi connectivity index (χ1) is 12.7. The van der Waals surface area contributed by atoms with E-state index in [1.54, 1.807) is 23.1 Å². The topological polar surface area (TPSA) is 69.7 Å². The minimum atomic E-state index is -0.405. The predicted molar refractivity (Wildman–Crippen MR) is 104 cm³/mol. The van der Waals surface area contributed by atoms with Gasteiger partial charge in [0.15, 0.2) is 0 Å². The van der Waals surface area contributed by atoms with Crippen molar-refractivity contribution in [3.8, 4) is 0 Å². The van der Waals surface area contributed by atoms with E-state index in [1.807, 2.05) is 31.7 Å². The van der Waals surface area contributed by atoms with Crippen molar-refractivity contribution in [2.75, 3.05) is 31.5 Å². The molecule has 1 aromatic carbocycles. The number of nitrogens with one attached hydrogen (secondary N) is 1. The molecule has 2 unspecified atom stereocenters.